The lowest BCUT2D eigenvalue weighted by atomic mass is 9.95. The minimum atomic E-state index is -0.224. The van der Waals surface area contributed by atoms with E-state index in [1.807, 2.05) is 0 Å². The molecule has 0 aromatic heterocycles. The van der Waals surface area contributed by atoms with Gasteiger partial charge < -0.3 is 14.2 Å². The Balaban J connectivity index is 3.79. The predicted molar refractivity (Wildman–Crippen MR) is 104 cm³/mol. The summed E-state index contributed by atoms with van der Waals surface area (Å²) in [6, 6.07) is 0. The lowest BCUT2D eigenvalue weighted by Crippen LogP contribution is -2.12. The molecular formula is C21H40O5. The Morgan fingerprint density at radius 3 is 1.92 bits per heavy atom. The summed E-state index contributed by atoms with van der Waals surface area (Å²) in [5.41, 5.74) is 0. The van der Waals surface area contributed by atoms with E-state index in [1.165, 1.54) is 32.1 Å². The molecule has 0 aliphatic heterocycles. The van der Waals surface area contributed by atoms with Gasteiger partial charge in [0.2, 0.25) is 0 Å². The molecular weight excluding hydrogens is 332 g/mol. The van der Waals surface area contributed by atoms with Crippen LogP contribution in [0, 0.1) is 5.92 Å². The van der Waals surface area contributed by atoms with Crippen molar-refractivity contribution in [3.8, 4) is 0 Å². The summed E-state index contributed by atoms with van der Waals surface area (Å²) in [4.78, 5) is 23.2. The fourth-order valence-electron chi connectivity index (χ4n) is 2.77. The summed E-state index contributed by atoms with van der Waals surface area (Å²) >= 11 is 0. The highest BCUT2D eigenvalue weighted by molar-refractivity contribution is 5.72. The smallest absolute Gasteiger partial charge is 0.305 e. The molecule has 0 bridgehead atoms. The quantitative estimate of drug-likeness (QED) is 0.249. The number of methoxy groups -OCH3 is 1. The van der Waals surface area contributed by atoms with E-state index >= 15 is 0 Å². The summed E-state index contributed by atoms with van der Waals surface area (Å²) in [5, 5.41) is 0. The second-order valence-electron chi connectivity index (χ2n) is 6.93. The van der Waals surface area contributed by atoms with Crippen LogP contribution in [-0.2, 0) is 23.8 Å². The monoisotopic (exact) mass is 372 g/mol. The first-order chi connectivity index (χ1) is 12.6. The van der Waals surface area contributed by atoms with Crippen LogP contribution in [0.3, 0.4) is 0 Å². The van der Waals surface area contributed by atoms with Gasteiger partial charge in [0, 0.05) is 26.6 Å². The molecule has 0 rings (SSSR count). The largest absolute Gasteiger partial charge is 0.466 e. The van der Waals surface area contributed by atoms with Crippen LogP contribution in [0.1, 0.15) is 90.9 Å². The first kappa shape index (κ1) is 24.9. The summed E-state index contributed by atoms with van der Waals surface area (Å²) in [7, 11) is 1.72. The van der Waals surface area contributed by atoms with Crippen molar-refractivity contribution in [2.45, 2.75) is 90.9 Å². The number of hydrogen-bond acceptors (Lipinski definition) is 5. The van der Waals surface area contributed by atoms with Gasteiger partial charge >= 0.3 is 11.9 Å². The van der Waals surface area contributed by atoms with Gasteiger partial charge in [0.25, 0.3) is 0 Å². The lowest BCUT2D eigenvalue weighted by molar-refractivity contribution is -0.145. The molecule has 1 atom stereocenters. The molecule has 0 spiro atoms. The van der Waals surface area contributed by atoms with Crippen LogP contribution in [-0.4, -0.2) is 38.9 Å². The maximum atomic E-state index is 11.8. The van der Waals surface area contributed by atoms with Crippen LogP contribution >= 0.6 is 0 Å². The van der Waals surface area contributed by atoms with Gasteiger partial charge in [-0.2, -0.15) is 0 Å². The number of carbonyl (C=O) groups is 2. The molecule has 0 radical (unpaired) electrons. The van der Waals surface area contributed by atoms with Gasteiger partial charge in [0.1, 0.15) is 0 Å². The third kappa shape index (κ3) is 16.4. The van der Waals surface area contributed by atoms with Gasteiger partial charge in [-0.1, -0.05) is 52.4 Å². The van der Waals surface area contributed by atoms with Crippen LogP contribution in [0.25, 0.3) is 0 Å². The van der Waals surface area contributed by atoms with Crippen molar-refractivity contribution in [2.24, 2.45) is 5.92 Å². The van der Waals surface area contributed by atoms with Crippen molar-refractivity contribution in [2.75, 3.05) is 26.9 Å². The molecule has 0 aromatic rings. The molecule has 26 heavy (non-hydrogen) atoms. The van der Waals surface area contributed by atoms with E-state index in [-0.39, 0.29) is 24.8 Å². The van der Waals surface area contributed by atoms with Gasteiger partial charge in [-0.15, -0.1) is 0 Å². The molecule has 154 valence electrons. The lowest BCUT2D eigenvalue weighted by Gasteiger charge is -2.16. The van der Waals surface area contributed by atoms with E-state index in [9.17, 15) is 9.59 Å². The molecule has 0 saturated heterocycles. The van der Waals surface area contributed by atoms with Gasteiger partial charge in [-0.25, -0.2) is 0 Å². The number of esters is 2. The second-order valence-corrected chi connectivity index (χ2v) is 6.93. The van der Waals surface area contributed by atoms with E-state index in [1.54, 1.807) is 7.11 Å². The predicted octanol–water partition coefficient (Wildman–Crippen LogP) is 5.06. The normalized spacial score (nSPS) is 12.0. The Morgan fingerprint density at radius 1 is 0.692 bits per heavy atom. The minimum absolute atomic E-state index is 0.220. The third-order valence-corrected chi connectivity index (χ3v) is 4.51. The van der Waals surface area contributed by atoms with Crippen LogP contribution in [0.5, 0.6) is 0 Å². The van der Waals surface area contributed by atoms with Gasteiger partial charge in [0.05, 0.1) is 13.2 Å². The van der Waals surface area contributed by atoms with E-state index in [2.05, 4.69) is 13.8 Å². The zero-order valence-corrected chi connectivity index (χ0v) is 17.2. The molecule has 0 heterocycles. The van der Waals surface area contributed by atoms with Crippen molar-refractivity contribution in [1.82, 2.24) is 0 Å². The van der Waals surface area contributed by atoms with Gasteiger partial charge in [-0.05, 0) is 31.6 Å². The first-order valence-electron chi connectivity index (χ1n) is 10.4. The van der Waals surface area contributed by atoms with Crippen molar-refractivity contribution in [3.63, 3.8) is 0 Å². The molecule has 0 aliphatic carbocycles. The Bertz CT molecular complexity index is 343. The van der Waals surface area contributed by atoms with Crippen LogP contribution in [0.4, 0.5) is 0 Å². The molecule has 5 heteroatoms. The van der Waals surface area contributed by atoms with Gasteiger partial charge in [-0.3, -0.25) is 9.59 Å². The van der Waals surface area contributed by atoms with Crippen molar-refractivity contribution >= 4 is 11.9 Å². The Labute approximate surface area is 160 Å². The standard InChI is InChI=1S/C21H40O5/c1-4-6-8-9-11-19(14-17-24-3)15-18-26-21(23)13-10-12-20(22)25-16-7-5-2/h19H,4-18H2,1-3H3. The maximum Gasteiger partial charge on any atom is 0.305 e. The molecule has 0 aromatic carbocycles. The topological polar surface area (TPSA) is 61.8 Å². The summed E-state index contributed by atoms with van der Waals surface area (Å²) < 4.78 is 15.6. The number of ether oxygens (including phenoxy) is 3. The SMILES string of the molecule is CCCCCCC(CCOC)CCOC(=O)CCCC(=O)OCCCC. The fourth-order valence-corrected chi connectivity index (χ4v) is 2.77. The number of carbonyl (C=O) groups excluding carboxylic acids is 2. The van der Waals surface area contributed by atoms with E-state index in [0.717, 1.165) is 32.3 Å². The summed E-state index contributed by atoms with van der Waals surface area (Å²) in [5.74, 6) is 0.106. The molecule has 0 fully saturated rings. The zero-order valence-electron chi connectivity index (χ0n) is 17.2. The van der Waals surface area contributed by atoms with E-state index in [0.29, 0.717) is 25.6 Å². The summed E-state index contributed by atoms with van der Waals surface area (Å²) in [6.07, 6.45) is 11.1. The Kier molecular flexibility index (Phi) is 17.9. The highest BCUT2D eigenvalue weighted by Crippen LogP contribution is 2.18. The van der Waals surface area contributed by atoms with Crippen LogP contribution < -0.4 is 0 Å². The first-order valence-corrected chi connectivity index (χ1v) is 10.4. The molecule has 1 unspecified atom stereocenters. The van der Waals surface area contributed by atoms with E-state index < -0.39 is 0 Å². The number of hydrogen-bond donors (Lipinski definition) is 0. The minimum Gasteiger partial charge on any atom is -0.466 e. The second kappa shape index (κ2) is 18.7. The number of unbranched alkanes of at least 4 members (excludes halogenated alkanes) is 4. The van der Waals surface area contributed by atoms with Crippen molar-refractivity contribution < 1.29 is 23.8 Å². The van der Waals surface area contributed by atoms with Crippen LogP contribution in [0.15, 0.2) is 0 Å². The van der Waals surface area contributed by atoms with Crippen molar-refractivity contribution in [1.29, 1.82) is 0 Å². The third-order valence-electron chi connectivity index (χ3n) is 4.51. The highest BCUT2D eigenvalue weighted by atomic mass is 16.5. The molecule has 5 nitrogen and oxygen atoms in total. The molecule has 0 amide bonds. The maximum absolute atomic E-state index is 11.8. The highest BCUT2D eigenvalue weighted by Gasteiger charge is 2.11. The van der Waals surface area contributed by atoms with Gasteiger partial charge in [0.15, 0.2) is 0 Å². The molecule has 0 aliphatic rings. The Morgan fingerprint density at radius 2 is 1.31 bits per heavy atom. The average Bonchev–Trinajstić information content (AvgIpc) is 2.62. The van der Waals surface area contributed by atoms with E-state index in [4.69, 9.17) is 14.2 Å². The van der Waals surface area contributed by atoms with Crippen LogP contribution in [0.2, 0.25) is 0 Å². The Hall–Kier alpha value is -1.10. The fraction of sp³-hybridized carbons (Fsp3) is 0.905. The summed E-state index contributed by atoms with van der Waals surface area (Å²) in [6.45, 7) is 5.96. The molecule has 0 N–H and O–H groups in total. The molecule has 0 saturated carbocycles. The zero-order chi connectivity index (χ0) is 19.5. The van der Waals surface area contributed by atoms with Crippen molar-refractivity contribution in [3.05, 3.63) is 0 Å². The number of rotatable bonds is 18. The average molecular weight is 373 g/mol.